The van der Waals surface area contributed by atoms with Gasteiger partial charge in [-0.05, 0) is 37.6 Å². The molecule has 1 rings (SSSR count). The molecule has 0 saturated heterocycles. The Morgan fingerprint density at radius 1 is 1.35 bits per heavy atom. The van der Waals surface area contributed by atoms with Crippen LogP contribution >= 0.6 is 0 Å². The van der Waals surface area contributed by atoms with Gasteiger partial charge in [0.25, 0.3) is 0 Å². The van der Waals surface area contributed by atoms with Crippen LogP contribution in [0.5, 0.6) is 0 Å². The fourth-order valence-electron chi connectivity index (χ4n) is 1.97. The van der Waals surface area contributed by atoms with Gasteiger partial charge in [-0.2, -0.15) is 0 Å². The average Bonchev–Trinajstić information content (AvgIpc) is 2.34. The van der Waals surface area contributed by atoms with Crippen molar-refractivity contribution < 1.29 is 5.11 Å². The number of hydrogen-bond acceptors (Lipinski definition) is 3. The quantitative estimate of drug-likeness (QED) is 0.746. The Bertz CT molecular complexity index is 341. The van der Waals surface area contributed by atoms with Crippen molar-refractivity contribution >= 4 is 5.69 Å². The SMILES string of the molecule is CCC(C)N(CC)CC(O)c1cccc(N)c1. The van der Waals surface area contributed by atoms with E-state index in [9.17, 15) is 5.11 Å². The number of nitrogen functional groups attached to an aromatic ring is 1. The van der Waals surface area contributed by atoms with Crippen LogP contribution in [0.1, 0.15) is 38.9 Å². The lowest BCUT2D eigenvalue weighted by molar-refractivity contribution is 0.0935. The van der Waals surface area contributed by atoms with E-state index in [1.807, 2.05) is 24.3 Å². The lowest BCUT2D eigenvalue weighted by atomic mass is 10.1. The normalized spacial score (nSPS) is 14.9. The molecular weight excluding hydrogens is 212 g/mol. The van der Waals surface area contributed by atoms with Crippen molar-refractivity contribution in [1.29, 1.82) is 0 Å². The van der Waals surface area contributed by atoms with E-state index in [0.29, 0.717) is 18.3 Å². The number of aliphatic hydroxyl groups is 1. The maximum atomic E-state index is 10.2. The highest BCUT2D eigenvalue weighted by Crippen LogP contribution is 2.18. The lowest BCUT2D eigenvalue weighted by Gasteiger charge is -2.29. The van der Waals surface area contributed by atoms with Gasteiger partial charge in [-0.1, -0.05) is 26.0 Å². The van der Waals surface area contributed by atoms with Gasteiger partial charge in [-0.15, -0.1) is 0 Å². The first kappa shape index (κ1) is 14.0. The number of benzene rings is 1. The summed E-state index contributed by atoms with van der Waals surface area (Å²) in [5.74, 6) is 0. The third kappa shape index (κ3) is 4.02. The van der Waals surface area contributed by atoms with E-state index in [1.54, 1.807) is 0 Å². The molecule has 0 aliphatic heterocycles. The number of nitrogens with zero attached hydrogens (tertiary/aromatic N) is 1. The minimum atomic E-state index is -0.465. The van der Waals surface area contributed by atoms with E-state index in [-0.39, 0.29) is 0 Å². The first-order valence-electron chi connectivity index (χ1n) is 6.36. The fraction of sp³-hybridized carbons (Fsp3) is 0.571. The topological polar surface area (TPSA) is 49.5 Å². The number of rotatable bonds is 6. The number of nitrogens with two attached hydrogens (primary N) is 1. The molecule has 2 unspecified atom stereocenters. The van der Waals surface area contributed by atoms with Crippen LogP contribution in [-0.2, 0) is 0 Å². The van der Waals surface area contributed by atoms with Gasteiger partial charge in [0.2, 0.25) is 0 Å². The van der Waals surface area contributed by atoms with E-state index in [2.05, 4.69) is 25.7 Å². The van der Waals surface area contributed by atoms with Crippen molar-refractivity contribution in [2.45, 2.75) is 39.3 Å². The van der Waals surface area contributed by atoms with Crippen LogP contribution in [0.25, 0.3) is 0 Å². The standard InChI is InChI=1S/C14H24N2O/c1-4-11(3)16(5-2)10-14(17)12-7-6-8-13(15)9-12/h6-9,11,14,17H,4-5,10,15H2,1-3H3. The first-order chi connectivity index (χ1) is 8.08. The number of hydrogen-bond donors (Lipinski definition) is 2. The first-order valence-corrected chi connectivity index (χ1v) is 6.36. The van der Waals surface area contributed by atoms with Gasteiger partial charge >= 0.3 is 0 Å². The third-order valence-corrected chi connectivity index (χ3v) is 3.32. The highest BCUT2D eigenvalue weighted by Gasteiger charge is 2.16. The van der Waals surface area contributed by atoms with Gasteiger partial charge in [0.15, 0.2) is 0 Å². The fourth-order valence-corrected chi connectivity index (χ4v) is 1.97. The van der Waals surface area contributed by atoms with E-state index < -0.39 is 6.10 Å². The maximum absolute atomic E-state index is 10.2. The number of anilines is 1. The zero-order valence-electron chi connectivity index (χ0n) is 11.1. The molecule has 2 atom stereocenters. The molecule has 0 aliphatic rings. The average molecular weight is 236 g/mol. The van der Waals surface area contributed by atoms with Crippen LogP contribution in [-0.4, -0.2) is 29.1 Å². The van der Waals surface area contributed by atoms with Crippen LogP contribution in [0, 0.1) is 0 Å². The summed E-state index contributed by atoms with van der Waals surface area (Å²) in [5, 5.41) is 10.2. The van der Waals surface area contributed by atoms with Crippen molar-refractivity contribution in [2.24, 2.45) is 0 Å². The van der Waals surface area contributed by atoms with Crippen molar-refractivity contribution in [3.8, 4) is 0 Å². The zero-order chi connectivity index (χ0) is 12.8. The Morgan fingerprint density at radius 3 is 2.59 bits per heavy atom. The third-order valence-electron chi connectivity index (χ3n) is 3.32. The predicted molar refractivity (Wildman–Crippen MR) is 72.8 cm³/mol. The molecule has 0 saturated carbocycles. The summed E-state index contributed by atoms with van der Waals surface area (Å²) in [7, 11) is 0. The van der Waals surface area contributed by atoms with Crippen LogP contribution in [0.3, 0.4) is 0 Å². The summed E-state index contributed by atoms with van der Waals surface area (Å²) < 4.78 is 0. The molecule has 0 aromatic heterocycles. The van der Waals surface area contributed by atoms with E-state index in [4.69, 9.17) is 5.73 Å². The van der Waals surface area contributed by atoms with Crippen molar-refractivity contribution in [3.05, 3.63) is 29.8 Å². The van der Waals surface area contributed by atoms with Crippen molar-refractivity contribution in [1.82, 2.24) is 4.90 Å². The monoisotopic (exact) mass is 236 g/mol. The number of aliphatic hydroxyl groups excluding tert-OH is 1. The Hall–Kier alpha value is -1.06. The minimum absolute atomic E-state index is 0.465. The molecule has 3 nitrogen and oxygen atoms in total. The molecule has 3 N–H and O–H groups in total. The molecule has 0 spiro atoms. The molecule has 96 valence electrons. The second-order valence-corrected chi connectivity index (χ2v) is 4.53. The highest BCUT2D eigenvalue weighted by atomic mass is 16.3. The molecule has 0 fully saturated rings. The molecule has 0 heterocycles. The van der Waals surface area contributed by atoms with Gasteiger partial charge in [-0.25, -0.2) is 0 Å². The van der Waals surface area contributed by atoms with Gasteiger partial charge in [0, 0.05) is 18.3 Å². The molecule has 0 aliphatic carbocycles. The Morgan fingerprint density at radius 2 is 2.06 bits per heavy atom. The van der Waals surface area contributed by atoms with E-state index >= 15 is 0 Å². The molecule has 0 amide bonds. The molecular formula is C14H24N2O. The van der Waals surface area contributed by atoms with Gasteiger partial charge in [0.1, 0.15) is 0 Å². The summed E-state index contributed by atoms with van der Waals surface area (Å²) in [6.07, 6.45) is 0.629. The second-order valence-electron chi connectivity index (χ2n) is 4.53. The lowest BCUT2D eigenvalue weighted by Crippen LogP contribution is -2.35. The van der Waals surface area contributed by atoms with Crippen molar-refractivity contribution in [3.63, 3.8) is 0 Å². The minimum Gasteiger partial charge on any atom is -0.399 e. The summed E-state index contributed by atoms with van der Waals surface area (Å²) in [4.78, 5) is 2.29. The smallest absolute Gasteiger partial charge is 0.0917 e. The molecule has 0 radical (unpaired) electrons. The van der Waals surface area contributed by atoms with E-state index in [1.165, 1.54) is 0 Å². The Kier molecular flexibility index (Phi) is 5.45. The summed E-state index contributed by atoms with van der Waals surface area (Å²) in [6, 6.07) is 7.98. The summed E-state index contributed by atoms with van der Waals surface area (Å²) in [5.41, 5.74) is 7.32. The maximum Gasteiger partial charge on any atom is 0.0917 e. The summed E-state index contributed by atoms with van der Waals surface area (Å²) >= 11 is 0. The van der Waals surface area contributed by atoms with Gasteiger partial charge in [-0.3, -0.25) is 4.90 Å². The van der Waals surface area contributed by atoms with Crippen LogP contribution in [0.15, 0.2) is 24.3 Å². The molecule has 3 heteroatoms. The summed E-state index contributed by atoms with van der Waals surface area (Å²) in [6.45, 7) is 8.09. The highest BCUT2D eigenvalue weighted by molar-refractivity contribution is 5.41. The Labute approximate surface area is 104 Å². The van der Waals surface area contributed by atoms with Gasteiger partial charge in [0.05, 0.1) is 6.10 Å². The molecule has 17 heavy (non-hydrogen) atoms. The Balaban J connectivity index is 2.67. The second kappa shape index (κ2) is 6.62. The van der Waals surface area contributed by atoms with E-state index in [0.717, 1.165) is 18.5 Å². The number of likely N-dealkylation sites (N-methyl/N-ethyl adjacent to an activating group) is 1. The van der Waals surface area contributed by atoms with Crippen molar-refractivity contribution in [2.75, 3.05) is 18.8 Å². The van der Waals surface area contributed by atoms with Crippen LogP contribution in [0.2, 0.25) is 0 Å². The molecule has 1 aromatic carbocycles. The van der Waals surface area contributed by atoms with Crippen LogP contribution < -0.4 is 5.73 Å². The predicted octanol–water partition coefficient (Wildman–Crippen LogP) is 2.42. The largest absolute Gasteiger partial charge is 0.399 e. The zero-order valence-corrected chi connectivity index (χ0v) is 11.1. The molecule has 1 aromatic rings. The van der Waals surface area contributed by atoms with Crippen LogP contribution in [0.4, 0.5) is 5.69 Å². The van der Waals surface area contributed by atoms with Gasteiger partial charge < -0.3 is 10.8 Å². The molecule has 0 bridgehead atoms.